The van der Waals surface area contributed by atoms with Gasteiger partial charge in [-0.05, 0) is 50.2 Å². The molecule has 2 saturated heterocycles. The largest absolute Gasteiger partial charge is 0.349 e. The molecule has 4 unspecified atom stereocenters. The highest BCUT2D eigenvalue weighted by Gasteiger charge is 2.46. The minimum Gasteiger partial charge on any atom is -0.349 e. The van der Waals surface area contributed by atoms with Gasteiger partial charge in [0.15, 0.2) is 5.25 Å². The lowest BCUT2D eigenvalue weighted by atomic mass is 9.87. The summed E-state index contributed by atoms with van der Waals surface area (Å²) in [5.74, 6) is -1.47. The lowest BCUT2D eigenvalue weighted by molar-refractivity contribution is -0.127. The Morgan fingerprint density at radius 1 is 1.16 bits per heavy atom. The third-order valence-electron chi connectivity index (χ3n) is 6.43. The van der Waals surface area contributed by atoms with Crippen LogP contribution in [0.2, 0.25) is 0 Å². The van der Waals surface area contributed by atoms with Gasteiger partial charge in [-0.2, -0.15) is 0 Å². The van der Waals surface area contributed by atoms with Gasteiger partial charge in [-0.1, -0.05) is 24.3 Å². The first-order valence-electron chi connectivity index (χ1n) is 10.8. The van der Waals surface area contributed by atoms with Gasteiger partial charge in [-0.15, -0.1) is 0 Å². The van der Waals surface area contributed by atoms with Gasteiger partial charge in [-0.25, -0.2) is 17.5 Å². The number of nitrogens with one attached hydrogen (secondary N) is 3. The summed E-state index contributed by atoms with van der Waals surface area (Å²) in [4.78, 5) is 36.7. The molecule has 4 rings (SSSR count). The molecule has 4 atom stereocenters. The van der Waals surface area contributed by atoms with Crippen LogP contribution < -0.4 is 16.0 Å². The van der Waals surface area contributed by atoms with Gasteiger partial charge in [0.05, 0.1) is 18.0 Å². The molecule has 0 aromatic heterocycles. The average molecular weight is 449 g/mol. The monoisotopic (exact) mass is 448 g/mol. The molecule has 2 heterocycles. The molecular weight excluding hydrogens is 420 g/mol. The number of hydrogen-bond donors (Lipinski definition) is 3. The Bertz CT molecular complexity index is 995. The summed E-state index contributed by atoms with van der Waals surface area (Å²) < 4.78 is 27.6. The number of piperidine rings is 1. The molecule has 9 nitrogen and oxygen atoms in total. The molecule has 0 radical (unpaired) electrons. The molecule has 1 aliphatic carbocycles. The first-order chi connectivity index (χ1) is 14.8. The van der Waals surface area contributed by atoms with Crippen molar-refractivity contribution in [2.45, 2.75) is 56.4 Å². The summed E-state index contributed by atoms with van der Waals surface area (Å²) in [6.07, 6.45) is 3.98. The van der Waals surface area contributed by atoms with Crippen molar-refractivity contribution in [3.8, 4) is 0 Å². The first kappa shape index (κ1) is 21.8. The van der Waals surface area contributed by atoms with Crippen molar-refractivity contribution in [1.29, 1.82) is 0 Å². The highest BCUT2D eigenvalue weighted by atomic mass is 32.2. The van der Waals surface area contributed by atoms with E-state index in [9.17, 15) is 22.8 Å². The molecule has 1 aromatic rings. The Morgan fingerprint density at radius 3 is 2.71 bits per heavy atom. The van der Waals surface area contributed by atoms with Gasteiger partial charge >= 0.3 is 6.03 Å². The smallest absolute Gasteiger partial charge is 0.321 e. The summed E-state index contributed by atoms with van der Waals surface area (Å²) in [7, 11) is -4.03. The maximum absolute atomic E-state index is 13.2. The molecule has 2 fully saturated rings. The lowest BCUT2D eigenvalue weighted by Crippen LogP contribution is -2.65. The van der Waals surface area contributed by atoms with E-state index in [1.807, 2.05) is 23.5 Å². The second-order valence-corrected chi connectivity index (χ2v) is 10.6. The summed E-state index contributed by atoms with van der Waals surface area (Å²) in [6.45, 7) is 1.78. The van der Waals surface area contributed by atoms with Gasteiger partial charge < -0.3 is 10.6 Å². The van der Waals surface area contributed by atoms with E-state index in [2.05, 4.69) is 16.7 Å². The minimum atomic E-state index is -4.03. The molecule has 0 saturated carbocycles. The van der Waals surface area contributed by atoms with Crippen LogP contribution in [0.4, 0.5) is 4.79 Å². The number of fused-ring (bicyclic) bond motifs is 1. The molecule has 3 aliphatic rings. The van der Waals surface area contributed by atoms with Gasteiger partial charge in [-0.3, -0.25) is 14.9 Å². The zero-order valence-electron chi connectivity index (χ0n) is 17.5. The van der Waals surface area contributed by atoms with E-state index in [1.165, 1.54) is 16.8 Å². The van der Waals surface area contributed by atoms with Gasteiger partial charge in [0.25, 0.3) is 0 Å². The second kappa shape index (κ2) is 8.58. The number of sulfonamides is 1. The predicted octanol–water partition coefficient (Wildman–Crippen LogP) is 0.819. The van der Waals surface area contributed by atoms with E-state index < -0.39 is 39.2 Å². The Labute approximate surface area is 182 Å². The first-order valence-corrected chi connectivity index (χ1v) is 12.3. The van der Waals surface area contributed by atoms with Crippen LogP contribution in [0.3, 0.4) is 0 Å². The van der Waals surface area contributed by atoms with E-state index in [0.29, 0.717) is 12.8 Å². The van der Waals surface area contributed by atoms with Gasteiger partial charge in [0, 0.05) is 13.1 Å². The third-order valence-corrected chi connectivity index (χ3v) is 8.75. The van der Waals surface area contributed by atoms with Crippen molar-refractivity contribution in [3.05, 3.63) is 35.4 Å². The quantitative estimate of drug-likeness (QED) is 0.629. The van der Waals surface area contributed by atoms with Gasteiger partial charge in [0.1, 0.15) is 0 Å². The standard InChI is InChI=1S/C21H28N4O5S/c1-13-18(20(27)24-21(28)22-13)31(29,30)25-11-5-8-15(12-25)19(26)23-17-10-4-7-14-6-2-3-9-16(14)17/h2-3,6,9,13,15,17-18H,4-5,7-8,10-12H2,1H3,(H,23,26)(H2,22,24,27,28). The summed E-state index contributed by atoms with van der Waals surface area (Å²) in [5, 5.41) is 6.19. The number of nitrogens with zero attached hydrogens (tertiary/aromatic N) is 1. The Balaban J connectivity index is 1.45. The van der Waals surface area contributed by atoms with Crippen LogP contribution in [0, 0.1) is 5.92 Å². The number of aryl methyl sites for hydroxylation is 1. The predicted molar refractivity (Wildman–Crippen MR) is 113 cm³/mol. The fourth-order valence-corrected chi connectivity index (χ4v) is 6.87. The van der Waals surface area contributed by atoms with Crippen molar-refractivity contribution in [1.82, 2.24) is 20.3 Å². The fraction of sp³-hybridized carbons (Fsp3) is 0.571. The van der Waals surface area contributed by atoms with Gasteiger partial charge in [0.2, 0.25) is 21.8 Å². The number of amides is 4. The number of carbonyl (C=O) groups excluding carboxylic acids is 3. The number of rotatable bonds is 4. The number of imide groups is 1. The van der Waals surface area contributed by atoms with E-state index in [0.717, 1.165) is 24.8 Å². The molecule has 2 aliphatic heterocycles. The molecule has 31 heavy (non-hydrogen) atoms. The number of urea groups is 1. The SMILES string of the molecule is CC1NC(=O)NC(=O)C1S(=O)(=O)N1CCCC(C(=O)NC2CCCc3ccccc32)C1. The van der Waals surface area contributed by atoms with E-state index >= 15 is 0 Å². The average Bonchev–Trinajstić information content (AvgIpc) is 2.73. The fourth-order valence-electron chi connectivity index (χ4n) is 4.86. The Morgan fingerprint density at radius 2 is 1.94 bits per heavy atom. The number of hydrogen-bond acceptors (Lipinski definition) is 5. The molecule has 168 valence electrons. The number of carbonyl (C=O) groups is 3. The van der Waals surface area contributed by atoms with Crippen LogP contribution in [0.25, 0.3) is 0 Å². The number of benzene rings is 1. The van der Waals surface area contributed by atoms with Crippen molar-refractivity contribution >= 4 is 27.9 Å². The van der Waals surface area contributed by atoms with Crippen LogP contribution in [0.5, 0.6) is 0 Å². The maximum Gasteiger partial charge on any atom is 0.321 e. The van der Waals surface area contributed by atoms with Crippen molar-refractivity contribution in [2.75, 3.05) is 13.1 Å². The van der Waals surface area contributed by atoms with Crippen molar-refractivity contribution < 1.29 is 22.8 Å². The Hall–Kier alpha value is -2.46. The topological polar surface area (TPSA) is 125 Å². The van der Waals surface area contributed by atoms with E-state index in [4.69, 9.17) is 0 Å². The molecule has 0 spiro atoms. The zero-order valence-corrected chi connectivity index (χ0v) is 18.3. The molecule has 3 N–H and O–H groups in total. The molecule has 4 amide bonds. The third kappa shape index (κ3) is 4.31. The molecule has 10 heteroatoms. The summed E-state index contributed by atoms with van der Waals surface area (Å²) in [6, 6.07) is 6.47. The molecule has 1 aromatic carbocycles. The van der Waals surface area contributed by atoms with Crippen LogP contribution >= 0.6 is 0 Å². The van der Waals surface area contributed by atoms with Crippen LogP contribution in [0.15, 0.2) is 24.3 Å². The van der Waals surface area contributed by atoms with Crippen LogP contribution in [0.1, 0.15) is 49.8 Å². The van der Waals surface area contributed by atoms with E-state index in [-0.39, 0.29) is 25.0 Å². The molecule has 0 bridgehead atoms. The highest BCUT2D eigenvalue weighted by Crippen LogP contribution is 2.31. The summed E-state index contributed by atoms with van der Waals surface area (Å²) >= 11 is 0. The molecular formula is C21H28N4O5S. The zero-order chi connectivity index (χ0) is 22.2. The van der Waals surface area contributed by atoms with E-state index in [1.54, 1.807) is 0 Å². The van der Waals surface area contributed by atoms with Crippen molar-refractivity contribution in [3.63, 3.8) is 0 Å². The minimum absolute atomic E-state index is 0.0347. The normalized spacial score (nSPS) is 29.5. The maximum atomic E-state index is 13.2. The Kier molecular flexibility index (Phi) is 6.02. The lowest BCUT2D eigenvalue weighted by Gasteiger charge is -2.37. The van der Waals surface area contributed by atoms with Crippen molar-refractivity contribution in [2.24, 2.45) is 5.92 Å². The highest BCUT2D eigenvalue weighted by molar-refractivity contribution is 7.90. The summed E-state index contributed by atoms with van der Waals surface area (Å²) in [5.41, 5.74) is 2.37. The van der Waals surface area contributed by atoms with Crippen LogP contribution in [-0.2, 0) is 26.0 Å². The second-order valence-electron chi connectivity index (χ2n) is 8.57. The van der Waals surface area contributed by atoms with Crippen LogP contribution in [-0.4, -0.2) is 54.9 Å².